The van der Waals surface area contributed by atoms with E-state index in [1.54, 1.807) is 28.4 Å². The molecule has 6 atom stereocenters. The van der Waals surface area contributed by atoms with E-state index in [4.69, 9.17) is 28.4 Å². The number of methoxy groups -OCH3 is 4. The summed E-state index contributed by atoms with van der Waals surface area (Å²) in [4.78, 5) is 4.87. The maximum absolute atomic E-state index is 9.83. The van der Waals surface area contributed by atoms with E-state index in [1.165, 1.54) is 49.7 Å². The van der Waals surface area contributed by atoms with Gasteiger partial charge in [-0.25, -0.2) is 0 Å². The standard InChI is InChI=1S/2C20H31NO4/c2*1-23-19-8-7-15(13-20(19)24-2)10-12-25-18-6-4-3-5-17(18)21-11-9-16(22)14-21/h2*7-8,13,16-18,22H,3-6,9-12,14H2,1-2H3/t16?,17?,18-;16?,17-,18+/m01/s1. The Kier molecular flexibility index (Phi) is 15.3. The summed E-state index contributed by atoms with van der Waals surface area (Å²) in [5.41, 5.74) is 2.39. The van der Waals surface area contributed by atoms with Crippen LogP contribution in [-0.4, -0.2) is 124 Å². The van der Waals surface area contributed by atoms with Crippen molar-refractivity contribution in [2.24, 2.45) is 0 Å². The third-order valence-corrected chi connectivity index (χ3v) is 11.0. The van der Waals surface area contributed by atoms with E-state index in [9.17, 15) is 10.2 Å². The fraction of sp³-hybridized carbons (Fsp3) is 0.700. The summed E-state index contributed by atoms with van der Waals surface area (Å²) in [5, 5.41) is 19.7. The van der Waals surface area contributed by atoms with Crippen LogP contribution in [-0.2, 0) is 22.3 Å². The third-order valence-electron chi connectivity index (χ3n) is 11.0. The van der Waals surface area contributed by atoms with E-state index in [2.05, 4.69) is 21.9 Å². The number of ether oxygens (including phenoxy) is 6. The van der Waals surface area contributed by atoms with Crippen molar-refractivity contribution >= 4 is 0 Å². The van der Waals surface area contributed by atoms with Crippen molar-refractivity contribution in [2.45, 2.75) is 114 Å². The minimum atomic E-state index is -0.158. The lowest BCUT2D eigenvalue weighted by atomic mass is 9.91. The molecule has 6 rings (SSSR count). The van der Waals surface area contributed by atoms with Crippen LogP contribution >= 0.6 is 0 Å². The van der Waals surface area contributed by atoms with Crippen LogP contribution in [0.2, 0.25) is 0 Å². The molecule has 2 aliphatic carbocycles. The second-order valence-corrected chi connectivity index (χ2v) is 14.3. The number of likely N-dealkylation sites (tertiary alicyclic amines) is 2. The molecule has 0 radical (unpaired) electrons. The molecule has 2 aliphatic heterocycles. The zero-order valence-electron chi connectivity index (χ0n) is 30.9. The molecule has 0 spiro atoms. The number of β-amino-alcohol motifs (C(OH)–C–C–N with tert-alkyl or cyclic N) is 2. The van der Waals surface area contributed by atoms with Crippen molar-refractivity contribution in [1.29, 1.82) is 0 Å². The van der Waals surface area contributed by atoms with E-state index in [1.807, 2.05) is 24.3 Å². The topological polar surface area (TPSA) is 102 Å². The number of rotatable bonds is 14. The van der Waals surface area contributed by atoms with E-state index in [0.717, 1.165) is 87.7 Å². The lowest BCUT2D eigenvalue weighted by Crippen LogP contribution is -2.46. The first-order valence-corrected chi connectivity index (χ1v) is 18.9. The van der Waals surface area contributed by atoms with Gasteiger partial charge in [0.15, 0.2) is 23.0 Å². The number of aliphatic hydroxyl groups excluding tert-OH is 2. The molecule has 0 amide bonds. The lowest BCUT2D eigenvalue weighted by Gasteiger charge is -2.37. The molecule has 10 nitrogen and oxygen atoms in total. The predicted octanol–water partition coefficient (Wildman–Crippen LogP) is 5.28. The largest absolute Gasteiger partial charge is 0.493 e. The molecule has 2 saturated heterocycles. The molecule has 2 saturated carbocycles. The molecule has 0 aromatic heterocycles. The molecule has 10 heteroatoms. The molecule has 4 fully saturated rings. The predicted molar refractivity (Wildman–Crippen MR) is 195 cm³/mol. The average Bonchev–Trinajstić information content (AvgIpc) is 3.79. The Bertz CT molecular complexity index is 1200. The maximum atomic E-state index is 9.83. The Labute approximate surface area is 299 Å². The number of hydrogen-bond donors (Lipinski definition) is 2. The smallest absolute Gasteiger partial charge is 0.160 e. The zero-order valence-corrected chi connectivity index (χ0v) is 30.9. The van der Waals surface area contributed by atoms with Gasteiger partial charge < -0.3 is 38.6 Å². The van der Waals surface area contributed by atoms with Gasteiger partial charge in [0.25, 0.3) is 0 Å². The van der Waals surface area contributed by atoms with Crippen molar-refractivity contribution in [3.05, 3.63) is 47.5 Å². The minimum Gasteiger partial charge on any atom is -0.493 e. The van der Waals surface area contributed by atoms with Gasteiger partial charge in [-0.15, -0.1) is 0 Å². The van der Waals surface area contributed by atoms with Crippen LogP contribution in [0, 0.1) is 0 Å². The first kappa shape index (κ1) is 38.6. The van der Waals surface area contributed by atoms with Gasteiger partial charge in [-0.2, -0.15) is 0 Å². The zero-order chi connectivity index (χ0) is 35.3. The molecular formula is C40H62N2O8. The SMILES string of the molecule is COc1ccc(CCO[C@H]2CCCCC2N2CCC(O)C2)cc1OC.COc1ccc(CCO[C@H]2CCCC[C@H]2N2CCC(O)C2)cc1OC. The summed E-state index contributed by atoms with van der Waals surface area (Å²) in [5.74, 6) is 3.04. The number of hydrogen-bond acceptors (Lipinski definition) is 10. The quantitative estimate of drug-likeness (QED) is 0.271. The summed E-state index contributed by atoms with van der Waals surface area (Å²) in [6, 6.07) is 13.0. The molecular weight excluding hydrogens is 636 g/mol. The van der Waals surface area contributed by atoms with E-state index >= 15 is 0 Å². The summed E-state index contributed by atoms with van der Waals surface area (Å²) < 4.78 is 33.9. The second-order valence-electron chi connectivity index (χ2n) is 14.3. The molecule has 2 N–H and O–H groups in total. The van der Waals surface area contributed by atoms with E-state index in [0.29, 0.717) is 37.5 Å². The normalized spacial score (nSPS) is 27.4. The van der Waals surface area contributed by atoms with Crippen molar-refractivity contribution in [1.82, 2.24) is 9.80 Å². The fourth-order valence-electron chi connectivity index (χ4n) is 8.25. The Morgan fingerprint density at radius 3 is 1.30 bits per heavy atom. The molecule has 50 heavy (non-hydrogen) atoms. The Morgan fingerprint density at radius 1 is 0.540 bits per heavy atom. The highest BCUT2D eigenvalue weighted by atomic mass is 16.5. The first-order chi connectivity index (χ1) is 24.4. The summed E-state index contributed by atoms with van der Waals surface area (Å²) in [6.07, 6.45) is 13.5. The summed E-state index contributed by atoms with van der Waals surface area (Å²) >= 11 is 0. The molecule has 2 aromatic carbocycles. The monoisotopic (exact) mass is 698 g/mol. The molecule has 280 valence electrons. The molecule has 0 bridgehead atoms. The van der Waals surface area contributed by atoms with Crippen LogP contribution in [0.1, 0.15) is 75.3 Å². The van der Waals surface area contributed by atoms with Crippen molar-refractivity contribution in [3.8, 4) is 23.0 Å². The van der Waals surface area contributed by atoms with Crippen LogP contribution < -0.4 is 18.9 Å². The maximum Gasteiger partial charge on any atom is 0.160 e. The van der Waals surface area contributed by atoms with Gasteiger partial charge in [-0.1, -0.05) is 37.8 Å². The van der Waals surface area contributed by atoms with Crippen LogP contribution in [0.5, 0.6) is 23.0 Å². The lowest BCUT2D eigenvalue weighted by molar-refractivity contribution is -0.0317. The fourth-order valence-corrected chi connectivity index (χ4v) is 8.25. The number of benzene rings is 2. The van der Waals surface area contributed by atoms with Crippen LogP contribution in [0.4, 0.5) is 0 Å². The summed E-state index contributed by atoms with van der Waals surface area (Å²) in [6.45, 7) is 5.04. The highest BCUT2D eigenvalue weighted by Gasteiger charge is 2.35. The van der Waals surface area contributed by atoms with Crippen LogP contribution in [0.15, 0.2) is 36.4 Å². The van der Waals surface area contributed by atoms with Gasteiger partial charge in [-0.3, -0.25) is 9.80 Å². The Balaban J connectivity index is 0.000000194. The van der Waals surface area contributed by atoms with E-state index < -0.39 is 0 Å². The average molecular weight is 699 g/mol. The van der Waals surface area contributed by atoms with Crippen molar-refractivity contribution < 1.29 is 38.6 Å². The van der Waals surface area contributed by atoms with Gasteiger partial charge >= 0.3 is 0 Å². The minimum absolute atomic E-state index is 0.158. The molecule has 3 unspecified atom stereocenters. The molecule has 4 aliphatic rings. The van der Waals surface area contributed by atoms with E-state index in [-0.39, 0.29) is 12.2 Å². The Morgan fingerprint density at radius 2 is 0.940 bits per heavy atom. The molecule has 2 heterocycles. The van der Waals surface area contributed by atoms with Gasteiger partial charge in [0.2, 0.25) is 0 Å². The molecule has 2 aromatic rings. The van der Waals surface area contributed by atoms with Crippen molar-refractivity contribution in [3.63, 3.8) is 0 Å². The van der Waals surface area contributed by atoms with Gasteiger partial charge in [0.05, 0.1) is 66.1 Å². The third kappa shape index (κ3) is 10.7. The van der Waals surface area contributed by atoms with Crippen LogP contribution in [0.3, 0.4) is 0 Å². The summed E-state index contributed by atoms with van der Waals surface area (Å²) in [7, 11) is 6.63. The van der Waals surface area contributed by atoms with Gasteiger partial charge in [0.1, 0.15) is 0 Å². The van der Waals surface area contributed by atoms with Gasteiger partial charge in [0, 0.05) is 38.3 Å². The van der Waals surface area contributed by atoms with Crippen LogP contribution in [0.25, 0.3) is 0 Å². The van der Waals surface area contributed by atoms with Crippen molar-refractivity contribution in [2.75, 3.05) is 67.8 Å². The highest BCUT2D eigenvalue weighted by Crippen LogP contribution is 2.32. The second kappa shape index (κ2) is 19.9. The first-order valence-electron chi connectivity index (χ1n) is 18.9. The number of aliphatic hydroxyl groups is 2. The van der Waals surface area contributed by atoms with Gasteiger partial charge in [-0.05, 0) is 86.8 Å². The number of nitrogens with zero attached hydrogens (tertiary/aromatic N) is 2. The Hall–Kier alpha value is -2.60. The highest BCUT2D eigenvalue weighted by molar-refractivity contribution is 5.43.